The van der Waals surface area contributed by atoms with Gasteiger partial charge in [-0.15, -0.1) is 0 Å². The van der Waals surface area contributed by atoms with Crippen LogP contribution in [0.15, 0.2) is 158 Å². The van der Waals surface area contributed by atoms with Crippen LogP contribution in [-0.4, -0.2) is 6.54 Å². The number of aryl methyl sites for hydroxylation is 2. The van der Waals surface area contributed by atoms with Gasteiger partial charge in [-0.05, 0) is 99.8 Å². The van der Waals surface area contributed by atoms with Crippen molar-refractivity contribution < 1.29 is 0 Å². The van der Waals surface area contributed by atoms with Crippen molar-refractivity contribution in [2.45, 2.75) is 61.3 Å². The first-order valence-corrected chi connectivity index (χ1v) is 16.5. The van der Waals surface area contributed by atoms with E-state index in [1.165, 1.54) is 33.6 Å². The molecule has 0 atom stereocenters. The summed E-state index contributed by atoms with van der Waals surface area (Å²) in [4.78, 5) is 4.63. The monoisotopic (exact) mass is 610 g/mol. The molecule has 0 aromatic heterocycles. The summed E-state index contributed by atoms with van der Waals surface area (Å²) in [5.74, 6) is 0. The summed E-state index contributed by atoms with van der Waals surface area (Å²) >= 11 is 0. The second-order valence-electron chi connectivity index (χ2n) is 10.7. The van der Waals surface area contributed by atoms with Crippen LogP contribution < -0.4 is 9.80 Å². The van der Waals surface area contributed by atoms with Crippen molar-refractivity contribution in [2.75, 3.05) is 16.3 Å². The van der Waals surface area contributed by atoms with E-state index in [1.54, 1.807) is 6.08 Å². The highest BCUT2D eigenvalue weighted by Crippen LogP contribution is 2.34. The average molecular weight is 611 g/mol. The van der Waals surface area contributed by atoms with Gasteiger partial charge >= 0.3 is 0 Å². The summed E-state index contributed by atoms with van der Waals surface area (Å²) in [6.07, 6.45) is 16.2. The second-order valence-corrected chi connectivity index (χ2v) is 10.7. The molecular weight excluding hydrogens is 556 g/mol. The Kier molecular flexibility index (Phi) is 17.1. The van der Waals surface area contributed by atoms with Gasteiger partial charge in [-0.2, -0.15) is 0 Å². The molecule has 240 valence electrons. The fourth-order valence-electron chi connectivity index (χ4n) is 4.77. The third-order valence-electron chi connectivity index (χ3n) is 7.24. The number of benzene rings is 4. The molecule has 0 unspecified atom stereocenters. The summed E-state index contributed by atoms with van der Waals surface area (Å²) in [5, 5.41) is 0. The van der Waals surface area contributed by atoms with E-state index in [0.29, 0.717) is 0 Å². The van der Waals surface area contributed by atoms with Crippen molar-refractivity contribution in [2.24, 2.45) is 0 Å². The van der Waals surface area contributed by atoms with E-state index in [9.17, 15) is 0 Å². The Morgan fingerprint density at radius 2 is 1.07 bits per heavy atom. The standard InChI is InChI=1S/C37H40N2.C5H8.C2H6/c1-6-9-11-33(8-3)39(36-22-14-30(5)15-23-36)37-26-18-32(19-27-37)31-16-24-35(25-17-31)38(28-10-7-2)34-20-12-29(4)13-21-34;1-3-5-4-2;1-2/h7-8,10-27H,3,6,9,28H2,1-2,4-5H3;3-5H,1H2,2H3;1-2H3/b10-7-,33-11+;5-4+;. The third kappa shape index (κ3) is 11.3. The third-order valence-corrected chi connectivity index (χ3v) is 7.24. The lowest BCUT2D eigenvalue weighted by atomic mass is 10.0. The normalized spacial score (nSPS) is 10.9. The first-order valence-electron chi connectivity index (χ1n) is 16.5. The fourth-order valence-corrected chi connectivity index (χ4v) is 4.77. The summed E-state index contributed by atoms with van der Waals surface area (Å²) in [6, 6.07) is 35.1. The van der Waals surface area contributed by atoms with E-state index in [2.05, 4.69) is 166 Å². The first kappa shape index (κ1) is 37.4. The minimum Gasteiger partial charge on any atom is -0.338 e. The van der Waals surface area contributed by atoms with E-state index in [1.807, 2.05) is 39.0 Å². The molecule has 0 aliphatic heterocycles. The molecule has 0 fully saturated rings. The van der Waals surface area contributed by atoms with E-state index >= 15 is 0 Å². The molecule has 2 heteroatoms. The highest BCUT2D eigenvalue weighted by Gasteiger charge is 2.13. The van der Waals surface area contributed by atoms with E-state index in [-0.39, 0.29) is 0 Å². The number of hydrogen-bond donors (Lipinski definition) is 0. The summed E-state index contributed by atoms with van der Waals surface area (Å²) in [5.41, 5.74) is 10.7. The number of hydrogen-bond acceptors (Lipinski definition) is 2. The van der Waals surface area contributed by atoms with Crippen molar-refractivity contribution in [1.29, 1.82) is 0 Å². The molecule has 4 rings (SSSR count). The van der Waals surface area contributed by atoms with E-state index in [0.717, 1.165) is 36.5 Å². The molecule has 4 aromatic carbocycles. The van der Waals surface area contributed by atoms with Crippen LogP contribution in [0, 0.1) is 13.8 Å². The molecule has 0 saturated carbocycles. The van der Waals surface area contributed by atoms with Gasteiger partial charge in [-0.3, -0.25) is 0 Å². The molecule has 0 bridgehead atoms. The molecule has 2 nitrogen and oxygen atoms in total. The second kappa shape index (κ2) is 21.0. The SMILES string of the molecule is C=C/C(=C\CCC)N(c1ccc(C)cc1)c1ccc(-c2ccc(N(C/C=C\C)c3ccc(C)cc3)cc2)cc1.C=C/C=C/C.CC. The Morgan fingerprint density at radius 3 is 1.43 bits per heavy atom. The molecule has 0 aliphatic carbocycles. The largest absolute Gasteiger partial charge is 0.338 e. The Morgan fingerprint density at radius 1 is 0.630 bits per heavy atom. The van der Waals surface area contributed by atoms with E-state index < -0.39 is 0 Å². The number of nitrogens with zero attached hydrogens (tertiary/aromatic N) is 2. The van der Waals surface area contributed by atoms with Gasteiger partial charge < -0.3 is 9.80 Å². The van der Waals surface area contributed by atoms with Gasteiger partial charge in [0.05, 0.1) is 0 Å². The maximum absolute atomic E-state index is 4.12. The molecule has 0 radical (unpaired) electrons. The maximum Gasteiger partial charge on any atom is 0.0461 e. The van der Waals surface area contributed by atoms with Crippen molar-refractivity contribution in [3.63, 3.8) is 0 Å². The number of unbranched alkanes of at least 4 members (excludes halogenated alkanes) is 1. The Hall–Kier alpha value is -4.82. The molecule has 46 heavy (non-hydrogen) atoms. The molecule has 0 N–H and O–H groups in total. The molecular formula is C44H54N2. The van der Waals surface area contributed by atoms with Gasteiger partial charge in [0.25, 0.3) is 0 Å². The first-order chi connectivity index (χ1) is 22.4. The van der Waals surface area contributed by atoms with Crippen LogP contribution in [0.5, 0.6) is 0 Å². The van der Waals surface area contributed by atoms with Gasteiger partial charge in [-0.1, -0.05) is 136 Å². The quantitative estimate of drug-likeness (QED) is 0.116. The summed E-state index contributed by atoms with van der Waals surface area (Å²) in [7, 11) is 0. The van der Waals surface area contributed by atoms with Crippen LogP contribution >= 0.6 is 0 Å². The van der Waals surface area contributed by atoms with E-state index in [4.69, 9.17) is 0 Å². The molecule has 0 heterocycles. The Balaban J connectivity index is 0.000000959. The lowest BCUT2D eigenvalue weighted by Crippen LogP contribution is -2.16. The lowest BCUT2D eigenvalue weighted by molar-refractivity contribution is 0.946. The van der Waals surface area contributed by atoms with Crippen molar-refractivity contribution >= 4 is 22.7 Å². The van der Waals surface area contributed by atoms with Crippen LogP contribution in [0.4, 0.5) is 22.7 Å². The zero-order valence-corrected chi connectivity index (χ0v) is 29.2. The van der Waals surface area contributed by atoms with Crippen LogP contribution in [0.3, 0.4) is 0 Å². The number of allylic oxidation sites excluding steroid dienone is 6. The highest BCUT2D eigenvalue weighted by molar-refractivity contribution is 5.75. The Labute approximate surface area is 280 Å². The van der Waals surface area contributed by atoms with Gasteiger partial charge in [0.1, 0.15) is 0 Å². The van der Waals surface area contributed by atoms with Crippen molar-refractivity contribution in [1.82, 2.24) is 0 Å². The van der Waals surface area contributed by atoms with Gasteiger partial charge in [0.15, 0.2) is 0 Å². The summed E-state index contributed by atoms with van der Waals surface area (Å²) in [6.45, 7) is 22.9. The van der Waals surface area contributed by atoms with Crippen molar-refractivity contribution in [3.05, 3.63) is 170 Å². The predicted molar refractivity (Wildman–Crippen MR) is 208 cm³/mol. The van der Waals surface area contributed by atoms with Crippen LogP contribution in [-0.2, 0) is 0 Å². The fraction of sp³-hybridized carbons (Fsp3) is 0.227. The molecule has 0 amide bonds. The molecule has 0 saturated heterocycles. The molecule has 0 spiro atoms. The lowest BCUT2D eigenvalue weighted by Gasteiger charge is -2.27. The average Bonchev–Trinajstić information content (AvgIpc) is 3.10. The zero-order chi connectivity index (χ0) is 33.7. The highest BCUT2D eigenvalue weighted by atomic mass is 15.1. The number of anilines is 4. The van der Waals surface area contributed by atoms with Gasteiger partial charge in [0.2, 0.25) is 0 Å². The Bertz CT molecular complexity index is 1520. The minimum atomic E-state index is 0.833. The van der Waals surface area contributed by atoms with Gasteiger partial charge in [0, 0.05) is 35.0 Å². The predicted octanol–water partition coefficient (Wildman–Crippen LogP) is 13.5. The minimum absolute atomic E-state index is 0.833. The van der Waals surface area contributed by atoms with Gasteiger partial charge in [-0.25, -0.2) is 0 Å². The molecule has 4 aromatic rings. The topological polar surface area (TPSA) is 6.48 Å². The molecule has 0 aliphatic rings. The van der Waals surface area contributed by atoms with Crippen molar-refractivity contribution in [3.8, 4) is 11.1 Å². The zero-order valence-electron chi connectivity index (χ0n) is 29.2. The van der Waals surface area contributed by atoms with Crippen LogP contribution in [0.2, 0.25) is 0 Å². The summed E-state index contributed by atoms with van der Waals surface area (Å²) < 4.78 is 0. The van der Waals surface area contributed by atoms with Crippen LogP contribution in [0.1, 0.15) is 58.6 Å². The number of rotatable bonds is 12. The maximum atomic E-state index is 4.12. The van der Waals surface area contributed by atoms with Crippen LogP contribution in [0.25, 0.3) is 11.1 Å². The smallest absolute Gasteiger partial charge is 0.0461 e.